The molecule has 1 N–H and O–H groups in total. The highest BCUT2D eigenvalue weighted by molar-refractivity contribution is 7.11. The van der Waals surface area contributed by atoms with Gasteiger partial charge in [-0.1, -0.05) is 6.07 Å². The van der Waals surface area contributed by atoms with Crippen molar-refractivity contribution >= 4 is 11.3 Å². The van der Waals surface area contributed by atoms with E-state index in [0.29, 0.717) is 0 Å². The second kappa shape index (κ2) is 9.37. The smallest absolute Gasteiger partial charge is 0.161 e. The molecule has 1 aromatic heterocycles. The van der Waals surface area contributed by atoms with E-state index in [-0.39, 0.29) is 6.04 Å². The molecule has 0 radical (unpaired) electrons. The predicted octanol–water partition coefficient (Wildman–Crippen LogP) is 3.24. The fourth-order valence-corrected chi connectivity index (χ4v) is 4.18. The van der Waals surface area contributed by atoms with Gasteiger partial charge in [0.05, 0.1) is 27.4 Å². The molecule has 1 fully saturated rings. The van der Waals surface area contributed by atoms with Crippen molar-refractivity contribution in [3.63, 3.8) is 0 Å². The Morgan fingerprint density at radius 3 is 2.54 bits per heavy atom. The Hall–Kier alpha value is -1.60. The highest BCUT2D eigenvalue weighted by Crippen LogP contribution is 2.32. The lowest BCUT2D eigenvalue weighted by Gasteiger charge is -2.35. The largest absolute Gasteiger partial charge is 0.493 e. The standard InChI is InChI=1S/C20H28N2O3S/c1-15-4-6-17(26-15)13-21-14-18(22-8-10-25-11-9-22)16-5-7-19(23-2)20(12-16)24-3/h4-7,12,18,21H,8-11,13-14H2,1-3H3/t18-/m1/s1. The summed E-state index contributed by atoms with van der Waals surface area (Å²) in [6.45, 7) is 7.38. The summed E-state index contributed by atoms with van der Waals surface area (Å²) < 4.78 is 16.4. The van der Waals surface area contributed by atoms with Crippen LogP contribution in [0.4, 0.5) is 0 Å². The number of morpholine rings is 1. The van der Waals surface area contributed by atoms with Crippen molar-refractivity contribution in [2.45, 2.75) is 19.5 Å². The summed E-state index contributed by atoms with van der Waals surface area (Å²) in [5, 5.41) is 3.63. The SMILES string of the molecule is COc1ccc([C@@H](CNCc2ccc(C)s2)N2CCOCC2)cc1OC. The summed E-state index contributed by atoms with van der Waals surface area (Å²) in [5.74, 6) is 1.54. The lowest BCUT2D eigenvalue weighted by molar-refractivity contribution is 0.0160. The van der Waals surface area contributed by atoms with Crippen LogP contribution < -0.4 is 14.8 Å². The minimum absolute atomic E-state index is 0.278. The number of rotatable bonds is 8. The highest BCUT2D eigenvalue weighted by Gasteiger charge is 2.23. The molecule has 6 heteroatoms. The molecule has 1 aromatic carbocycles. The van der Waals surface area contributed by atoms with Gasteiger partial charge in [-0.3, -0.25) is 4.90 Å². The number of benzene rings is 1. The molecule has 0 bridgehead atoms. The van der Waals surface area contributed by atoms with Crippen LogP contribution in [0.25, 0.3) is 0 Å². The van der Waals surface area contributed by atoms with Crippen LogP contribution in [0.5, 0.6) is 11.5 Å². The molecule has 142 valence electrons. The van der Waals surface area contributed by atoms with Crippen molar-refractivity contribution in [1.82, 2.24) is 10.2 Å². The maximum atomic E-state index is 5.54. The lowest BCUT2D eigenvalue weighted by Crippen LogP contribution is -2.42. The third kappa shape index (κ3) is 4.76. The van der Waals surface area contributed by atoms with Crippen LogP contribution in [0, 0.1) is 6.92 Å². The Bertz CT molecular complexity index is 698. The topological polar surface area (TPSA) is 43.0 Å². The van der Waals surface area contributed by atoms with Crippen molar-refractivity contribution in [2.75, 3.05) is 47.1 Å². The fraction of sp³-hybridized carbons (Fsp3) is 0.500. The Balaban J connectivity index is 1.74. The number of hydrogen-bond donors (Lipinski definition) is 1. The van der Waals surface area contributed by atoms with E-state index in [1.54, 1.807) is 14.2 Å². The van der Waals surface area contributed by atoms with E-state index in [2.05, 4.69) is 41.4 Å². The molecular formula is C20H28N2O3S. The van der Waals surface area contributed by atoms with Crippen LogP contribution in [0.15, 0.2) is 30.3 Å². The Morgan fingerprint density at radius 2 is 1.88 bits per heavy atom. The molecule has 5 nitrogen and oxygen atoms in total. The van der Waals surface area contributed by atoms with Gasteiger partial charge in [-0.15, -0.1) is 11.3 Å². The van der Waals surface area contributed by atoms with Crippen molar-refractivity contribution in [3.8, 4) is 11.5 Å². The van der Waals surface area contributed by atoms with Crippen LogP contribution in [-0.2, 0) is 11.3 Å². The first-order chi connectivity index (χ1) is 12.7. The van der Waals surface area contributed by atoms with Crippen molar-refractivity contribution in [2.24, 2.45) is 0 Å². The molecule has 1 aliphatic heterocycles. The molecule has 26 heavy (non-hydrogen) atoms. The molecule has 0 unspecified atom stereocenters. The second-order valence-corrected chi connectivity index (χ2v) is 7.79. The number of nitrogens with one attached hydrogen (secondary N) is 1. The zero-order chi connectivity index (χ0) is 18.4. The number of nitrogens with zero attached hydrogens (tertiary/aromatic N) is 1. The van der Waals surface area contributed by atoms with Gasteiger partial charge in [-0.2, -0.15) is 0 Å². The third-order valence-corrected chi connectivity index (χ3v) is 5.71. The Kier molecular flexibility index (Phi) is 6.91. The van der Waals surface area contributed by atoms with Crippen LogP contribution in [-0.4, -0.2) is 52.0 Å². The maximum absolute atomic E-state index is 5.54. The van der Waals surface area contributed by atoms with Gasteiger partial charge < -0.3 is 19.5 Å². The molecule has 3 rings (SSSR count). The number of ether oxygens (including phenoxy) is 3. The number of thiophene rings is 1. The number of hydrogen-bond acceptors (Lipinski definition) is 6. The van der Waals surface area contributed by atoms with E-state index < -0.39 is 0 Å². The van der Waals surface area contributed by atoms with E-state index in [4.69, 9.17) is 14.2 Å². The first-order valence-corrected chi connectivity index (χ1v) is 9.82. The zero-order valence-corrected chi connectivity index (χ0v) is 16.6. The summed E-state index contributed by atoms with van der Waals surface area (Å²) in [6.07, 6.45) is 0. The predicted molar refractivity (Wildman–Crippen MR) is 105 cm³/mol. The molecule has 0 aliphatic carbocycles. The summed E-state index contributed by atoms with van der Waals surface area (Å²) in [7, 11) is 3.35. The van der Waals surface area contributed by atoms with Gasteiger partial charge in [0, 0.05) is 42.0 Å². The average molecular weight is 377 g/mol. The van der Waals surface area contributed by atoms with Crippen molar-refractivity contribution in [3.05, 3.63) is 45.6 Å². The van der Waals surface area contributed by atoms with E-state index in [1.165, 1.54) is 15.3 Å². The first-order valence-electron chi connectivity index (χ1n) is 9.01. The molecule has 2 aromatic rings. The van der Waals surface area contributed by atoms with Gasteiger partial charge >= 0.3 is 0 Å². The molecule has 0 saturated carbocycles. The van der Waals surface area contributed by atoms with Crippen LogP contribution in [0.3, 0.4) is 0 Å². The molecule has 2 heterocycles. The summed E-state index contributed by atoms with van der Waals surface area (Å²) >= 11 is 1.85. The van der Waals surface area contributed by atoms with E-state index in [9.17, 15) is 0 Å². The minimum atomic E-state index is 0.278. The van der Waals surface area contributed by atoms with Gasteiger partial charge in [0.15, 0.2) is 11.5 Å². The monoisotopic (exact) mass is 376 g/mol. The molecule has 0 amide bonds. The summed E-state index contributed by atoms with van der Waals surface area (Å²) in [5.41, 5.74) is 1.24. The number of methoxy groups -OCH3 is 2. The van der Waals surface area contributed by atoms with Crippen LogP contribution in [0.2, 0.25) is 0 Å². The Labute approximate surface area is 159 Å². The van der Waals surface area contributed by atoms with Gasteiger partial charge in [-0.05, 0) is 36.8 Å². The maximum Gasteiger partial charge on any atom is 0.161 e. The van der Waals surface area contributed by atoms with Crippen molar-refractivity contribution in [1.29, 1.82) is 0 Å². The average Bonchev–Trinajstić information content (AvgIpc) is 3.10. The summed E-state index contributed by atoms with van der Waals surface area (Å²) in [6, 6.07) is 10.9. The number of aryl methyl sites for hydroxylation is 1. The molecule has 0 spiro atoms. The summed E-state index contributed by atoms with van der Waals surface area (Å²) in [4.78, 5) is 5.21. The Morgan fingerprint density at radius 1 is 1.12 bits per heavy atom. The fourth-order valence-electron chi connectivity index (χ4n) is 3.32. The van der Waals surface area contributed by atoms with Crippen LogP contribution >= 0.6 is 11.3 Å². The van der Waals surface area contributed by atoms with E-state index in [0.717, 1.165) is 50.9 Å². The molecule has 1 atom stereocenters. The van der Waals surface area contributed by atoms with Gasteiger partial charge in [0.1, 0.15) is 0 Å². The van der Waals surface area contributed by atoms with Gasteiger partial charge in [0.2, 0.25) is 0 Å². The second-order valence-electron chi connectivity index (χ2n) is 6.42. The quantitative estimate of drug-likeness (QED) is 0.766. The normalized spacial score (nSPS) is 16.4. The molecule has 1 saturated heterocycles. The lowest BCUT2D eigenvalue weighted by atomic mass is 10.0. The van der Waals surface area contributed by atoms with Crippen LogP contribution in [0.1, 0.15) is 21.4 Å². The molecule has 1 aliphatic rings. The molecular weight excluding hydrogens is 348 g/mol. The van der Waals surface area contributed by atoms with Gasteiger partial charge in [0.25, 0.3) is 0 Å². The van der Waals surface area contributed by atoms with E-state index >= 15 is 0 Å². The third-order valence-electron chi connectivity index (χ3n) is 4.71. The first kappa shape index (κ1) is 19.2. The zero-order valence-electron chi connectivity index (χ0n) is 15.8. The highest BCUT2D eigenvalue weighted by atomic mass is 32.1. The minimum Gasteiger partial charge on any atom is -0.493 e. The van der Waals surface area contributed by atoms with Gasteiger partial charge in [-0.25, -0.2) is 0 Å². The van der Waals surface area contributed by atoms with E-state index in [1.807, 2.05) is 17.4 Å². The van der Waals surface area contributed by atoms with Crippen molar-refractivity contribution < 1.29 is 14.2 Å².